The van der Waals surface area contributed by atoms with Crippen molar-refractivity contribution in [1.29, 1.82) is 0 Å². The molecule has 0 aliphatic carbocycles. The molecule has 0 aliphatic rings. The molecular formula is C26H26N4O2S2. The standard InChI is InChI=1S/C26H26N4O2S2/c27-23(25(31)29-21-11-9-17-5-1-3-7-19(17)13-21)15-33-34-16-24(28)26(32)30-22-12-10-18-6-2-4-8-20(18)14-22/h1-14,23-24H,15-16,27-28H2,(H,29,31)(H,30,32)/t23-,24?/m1/s1. The first-order valence-corrected chi connectivity index (χ1v) is 13.3. The summed E-state index contributed by atoms with van der Waals surface area (Å²) in [5, 5.41) is 10.1. The van der Waals surface area contributed by atoms with E-state index in [2.05, 4.69) is 10.6 Å². The number of benzene rings is 4. The Balaban J connectivity index is 1.19. The van der Waals surface area contributed by atoms with Crippen LogP contribution in [0.4, 0.5) is 11.4 Å². The molecular weight excluding hydrogens is 464 g/mol. The van der Waals surface area contributed by atoms with E-state index in [0.717, 1.165) is 21.5 Å². The first-order chi connectivity index (χ1) is 16.5. The van der Waals surface area contributed by atoms with Gasteiger partial charge in [0.2, 0.25) is 11.8 Å². The highest BCUT2D eigenvalue weighted by Gasteiger charge is 2.17. The van der Waals surface area contributed by atoms with Gasteiger partial charge < -0.3 is 22.1 Å². The Kier molecular flexibility index (Phi) is 8.08. The van der Waals surface area contributed by atoms with Gasteiger partial charge in [0.1, 0.15) is 0 Å². The molecule has 4 aromatic carbocycles. The summed E-state index contributed by atoms with van der Waals surface area (Å²) in [5.74, 6) is 0.315. The minimum Gasteiger partial charge on any atom is -0.325 e. The summed E-state index contributed by atoms with van der Waals surface area (Å²) in [6.45, 7) is 0. The molecule has 0 radical (unpaired) electrons. The molecule has 0 fully saturated rings. The summed E-state index contributed by atoms with van der Waals surface area (Å²) in [6, 6.07) is 26.1. The highest BCUT2D eigenvalue weighted by molar-refractivity contribution is 8.76. The van der Waals surface area contributed by atoms with Gasteiger partial charge in [-0.2, -0.15) is 0 Å². The summed E-state index contributed by atoms with van der Waals surface area (Å²) in [5.41, 5.74) is 13.5. The van der Waals surface area contributed by atoms with Gasteiger partial charge in [-0.1, -0.05) is 82.3 Å². The molecule has 4 rings (SSSR count). The lowest BCUT2D eigenvalue weighted by atomic mass is 10.1. The van der Waals surface area contributed by atoms with Crippen LogP contribution in [-0.2, 0) is 9.59 Å². The van der Waals surface area contributed by atoms with Crippen LogP contribution in [0.25, 0.3) is 21.5 Å². The zero-order chi connectivity index (χ0) is 23.9. The Bertz CT molecular complexity index is 1210. The number of hydrogen-bond acceptors (Lipinski definition) is 6. The fraction of sp³-hybridized carbons (Fsp3) is 0.154. The predicted molar refractivity (Wildman–Crippen MR) is 146 cm³/mol. The summed E-state index contributed by atoms with van der Waals surface area (Å²) in [4.78, 5) is 24.9. The maximum absolute atomic E-state index is 12.4. The van der Waals surface area contributed by atoms with Crippen molar-refractivity contribution in [3.05, 3.63) is 84.9 Å². The zero-order valence-corrected chi connectivity index (χ0v) is 20.1. The van der Waals surface area contributed by atoms with Crippen molar-refractivity contribution >= 4 is 66.3 Å². The number of carbonyl (C=O) groups is 2. The number of nitrogens with one attached hydrogen (secondary N) is 2. The van der Waals surface area contributed by atoms with E-state index in [-0.39, 0.29) is 11.8 Å². The summed E-state index contributed by atoms with van der Waals surface area (Å²) in [7, 11) is 2.86. The molecule has 0 spiro atoms. The average Bonchev–Trinajstić information content (AvgIpc) is 2.86. The van der Waals surface area contributed by atoms with E-state index in [1.807, 2.05) is 84.9 Å². The van der Waals surface area contributed by atoms with Crippen LogP contribution in [0, 0.1) is 0 Å². The Morgan fingerprint density at radius 3 is 1.41 bits per heavy atom. The van der Waals surface area contributed by atoms with E-state index >= 15 is 0 Å². The van der Waals surface area contributed by atoms with Gasteiger partial charge in [0.15, 0.2) is 0 Å². The van der Waals surface area contributed by atoms with Gasteiger partial charge >= 0.3 is 0 Å². The van der Waals surface area contributed by atoms with Gasteiger partial charge in [-0.15, -0.1) is 0 Å². The molecule has 1 unspecified atom stereocenters. The first-order valence-electron chi connectivity index (χ1n) is 10.8. The quantitative estimate of drug-likeness (QED) is 0.202. The first kappa shape index (κ1) is 24.1. The van der Waals surface area contributed by atoms with Gasteiger partial charge in [0, 0.05) is 22.9 Å². The molecule has 0 heterocycles. The van der Waals surface area contributed by atoms with Crippen molar-refractivity contribution in [3.8, 4) is 0 Å². The molecule has 0 saturated heterocycles. The van der Waals surface area contributed by atoms with Crippen LogP contribution in [0.15, 0.2) is 84.9 Å². The third kappa shape index (κ3) is 6.30. The van der Waals surface area contributed by atoms with Crippen LogP contribution in [-0.4, -0.2) is 35.4 Å². The highest BCUT2D eigenvalue weighted by Crippen LogP contribution is 2.24. The summed E-state index contributed by atoms with van der Waals surface area (Å²) < 4.78 is 0. The van der Waals surface area contributed by atoms with Gasteiger partial charge in [0.25, 0.3) is 0 Å². The molecule has 6 nitrogen and oxygen atoms in total. The molecule has 6 N–H and O–H groups in total. The second-order valence-corrected chi connectivity index (χ2v) is 10.4. The Morgan fingerprint density at radius 1 is 0.618 bits per heavy atom. The second kappa shape index (κ2) is 11.4. The van der Waals surface area contributed by atoms with E-state index < -0.39 is 12.1 Å². The van der Waals surface area contributed by atoms with Crippen LogP contribution in [0.5, 0.6) is 0 Å². The minimum atomic E-state index is -0.674. The van der Waals surface area contributed by atoms with Crippen LogP contribution < -0.4 is 22.1 Å². The minimum absolute atomic E-state index is 0.248. The fourth-order valence-corrected chi connectivity index (χ4v) is 5.64. The lowest BCUT2D eigenvalue weighted by molar-refractivity contribution is -0.117. The van der Waals surface area contributed by atoms with Gasteiger partial charge in [-0.05, 0) is 45.8 Å². The number of rotatable bonds is 9. The van der Waals surface area contributed by atoms with E-state index in [1.165, 1.54) is 21.6 Å². The lowest BCUT2D eigenvalue weighted by Crippen LogP contribution is -2.38. The number of anilines is 2. The number of amides is 2. The van der Waals surface area contributed by atoms with E-state index in [1.54, 1.807) is 0 Å². The van der Waals surface area contributed by atoms with E-state index in [4.69, 9.17) is 11.5 Å². The number of nitrogens with two attached hydrogens (primary N) is 2. The van der Waals surface area contributed by atoms with Crippen molar-refractivity contribution in [2.75, 3.05) is 22.1 Å². The topological polar surface area (TPSA) is 110 Å². The number of hydrogen-bond donors (Lipinski definition) is 4. The second-order valence-electron chi connectivity index (χ2n) is 7.88. The molecule has 0 aromatic heterocycles. The SMILES string of the molecule is NC(CSSC[C@@H](N)C(=O)Nc1ccc2ccccc2c1)C(=O)Nc1ccc2ccccc2c1. The summed E-state index contributed by atoms with van der Waals surface area (Å²) >= 11 is 0. The van der Waals surface area contributed by atoms with Gasteiger partial charge in [-0.3, -0.25) is 9.59 Å². The zero-order valence-electron chi connectivity index (χ0n) is 18.4. The van der Waals surface area contributed by atoms with Crippen molar-refractivity contribution in [2.45, 2.75) is 12.1 Å². The molecule has 8 heteroatoms. The maximum Gasteiger partial charge on any atom is 0.242 e. The Labute approximate surface area is 206 Å². The van der Waals surface area contributed by atoms with Crippen LogP contribution >= 0.6 is 21.6 Å². The van der Waals surface area contributed by atoms with Crippen molar-refractivity contribution in [2.24, 2.45) is 11.5 Å². The molecule has 2 amide bonds. The van der Waals surface area contributed by atoms with Crippen molar-refractivity contribution < 1.29 is 9.59 Å². The lowest BCUT2D eigenvalue weighted by Gasteiger charge is -2.14. The normalized spacial score (nSPS) is 12.9. The number of carbonyl (C=O) groups excluding carboxylic acids is 2. The summed E-state index contributed by atoms with van der Waals surface area (Å²) in [6.07, 6.45) is 0. The molecule has 2 atom stereocenters. The molecule has 0 aliphatic heterocycles. The van der Waals surface area contributed by atoms with E-state index in [0.29, 0.717) is 22.9 Å². The average molecular weight is 491 g/mol. The van der Waals surface area contributed by atoms with E-state index in [9.17, 15) is 9.59 Å². The Morgan fingerprint density at radius 2 is 1.00 bits per heavy atom. The van der Waals surface area contributed by atoms with Crippen LogP contribution in [0.2, 0.25) is 0 Å². The fourth-order valence-electron chi connectivity index (χ4n) is 3.40. The third-order valence-electron chi connectivity index (χ3n) is 5.29. The molecule has 0 bridgehead atoms. The third-order valence-corrected chi connectivity index (χ3v) is 7.76. The predicted octanol–water partition coefficient (Wildman–Crippen LogP) is 4.61. The smallest absolute Gasteiger partial charge is 0.242 e. The molecule has 0 saturated carbocycles. The van der Waals surface area contributed by atoms with Crippen LogP contribution in [0.1, 0.15) is 0 Å². The van der Waals surface area contributed by atoms with Crippen LogP contribution in [0.3, 0.4) is 0 Å². The maximum atomic E-state index is 12.4. The monoisotopic (exact) mass is 490 g/mol. The van der Waals surface area contributed by atoms with Gasteiger partial charge in [0.05, 0.1) is 12.1 Å². The van der Waals surface area contributed by atoms with Crippen molar-refractivity contribution in [3.63, 3.8) is 0 Å². The van der Waals surface area contributed by atoms with Gasteiger partial charge in [-0.25, -0.2) is 0 Å². The van der Waals surface area contributed by atoms with Crippen molar-refractivity contribution in [1.82, 2.24) is 0 Å². The highest BCUT2D eigenvalue weighted by atomic mass is 33.1. The molecule has 34 heavy (non-hydrogen) atoms. The number of fused-ring (bicyclic) bond motifs is 2. The largest absolute Gasteiger partial charge is 0.325 e. The Hall–Kier alpha value is -3.04. The molecule has 4 aromatic rings. The molecule has 174 valence electrons.